The maximum atomic E-state index is 13.9. The van der Waals surface area contributed by atoms with E-state index in [0.717, 1.165) is 22.7 Å². The summed E-state index contributed by atoms with van der Waals surface area (Å²) in [7, 11) is 0. The lowest BCUT2D eigenvalue weighted by Gasteiger charge is -2.34. The molecule has 2 aromatic rings. The largest absolute Gasteiger partial charge is 0.482 e. The molecule has 162 valence electrons. The van der Waals surface area contributed by atoms with Crippen LogP contribution in [0.5, 0.6) is 5.75 Å². The molecule has 9 heteroatoms. The highest BCUT2D eigenvalue weighted by molar-refractivity contribution is 9.10. The molecule has 4 rings (SSSR count). The molecular weight excluding hydrogens is 474 g/mol. The molecule has 0 aromatic heterocycles. The number of carbonyl (C=O) groups is 3. The number of carbonyl (C=O) groups excluding carboxylic acids is 3. The Hall–Kier alpha value is -2.81. The molecule has 2 amide bonds. The lowest BCUT2D eigenvalue weighted by molar-refractivity contribution is -0.133. The molecule has 0 unspecified atom stereocenters. The van der Waals surface area contributed by atoms with E-state index < -0.39 is 23.3 Å². The first-order valence-electron chi connectivity index (χ1n) is 9.83. The van der Waals surface area contributed by atoms with Crippen LogP contribution in [0.2, 0.25) is 0 Å². The summed E-state index contributed by atoms with van der Waals surface area (Å²) in [5, 5.41) is 0. The van der Waals surface area contributed by atoms with E-state index in [4.69, 9.17) is 4.74 Å². The third-order valence-electron chi connectivity index (χ3n) is 5.57. The number of hydrogen-bond donors (Lipinski definition) is 0. The summed E-state index contributed by atoms with van der Waals surface area (Å²) in [5.74, 6) is -2.39. The molecule has 0 radical (unpaired) electrons. The minimum atomic E-state index is -0.749. The van der Waals surface area contributed by atoms with Gasteiger partial charge in [0.15, 0.2) is 12.4 Å². The highest BCUT2D eigenvalue weighted by atomic mass is 79.9. The van der Waals surface area contributed by atoms with E-state index in [9.17, 15) is 23.2 Å². The third kappa shape index (κ3) is 4.46. The van der Waals surface area contributed by atoms with Crippen molar-refractivity contribution >= 4 is 39.2 Å². The van der Waals surface area contributed by atoms with E-state index in [-0.39, 0.29) is 30.5 Å². The minimum Gasteiger partial charge on any atom is -0.482 e. The molecule has 0 atom stereocenters. The van der Waals surface area contributed by atoms with E-state index in [1.54, 1.807) is 23.1 Å². The number of likely N-dealkylation sites (tertiary alicyclic amines) is 1. The number of hydrogen-bond acceptors (Lipinski definition) is 4. The van der Waals surface area contributed by atoms with Gasteiger partial charge in [0.2, 0.25) is 5.91 Å². The predicted molar refractivity (Wildman–Crippen MR) is 112 cm³/mol. The number of rotatable bonds is 4. The first-order valence-corrected chi connectivity index (χ1v) is 10.6. The lowest BCUT2D eigenvalue weighted by Crippen LogP contribution is -2.48. The highest BCUT2D eigenvalue weighted by Gasteiger charge is 2.32. The monoisotopic (exact) mass is 492 g/mol. The Morgan fingerprint density at radius 1 is 1.10 bits per heavy atom. The average molecular weight is 493 g/mol. The Balaban J connectivity index is 1.39. The molecular formula is C22H19BrF2N2O4. The second-order valence-corrected chi connectivity index (χ2v) is 8.44. The third-order valence-corrected chi connectivity index (χ3v) is 6.06. The maximum absolute atomic E-state index is 13.9. The first kappa shape index (κ1) is 21.4. The average Bonchev–Trinajstić information content (AvgIpc) is 2.77. The van der Waals surface area contributed by atoms with E-state index in [1.807, 2.05) is 0 Å². The smallest absolute Gasteiger partial charge is 0.265 e. The fraction of sp³-hybridized carbons (Fsp3) is 0.318. The molecule has 31 heavy (non-hydrogen) atoms. The van der Waals surface area contributed by atoms with Gasteiger partial charge in [0, 0.05) is 23.5 Å². The number of halogens is 3. The van der Waals surface area contributed by atoms with Crippen LogP contribution in [-0.4, -0.2) is 48.7 Å². The summed E-state index contributed by atoms with van der Waals surface area (Å²) in [6, 6.07) is 8.04. The zero-order valence-corrected chi connectivity index (χ0v) is 18.0. The molecule has 2 aliphatic heterocycles. The van der Waals surface area contributed by atoms with Gasteiger partial charge in [-0.15, -0.1) is 0 Å². The number of ether oxygens (including phenoxy) is 1. The van der Waals surface area contributed by atoms with Crippen LogP contribution in [0.1, 0.15) is 23.2 Å². The fourth-order valence-electron chi connectivity index (χ4n) is 3.88. The molecule has 2 aromatic carbocycles. The molecule has 0 N–H and O–H groups in total. The zero-order chi connectivity index (χ0) is 22.1. The highest BCUT2D eigenvalue weighted by Crippen LogP contribution is 2.34. The van der Waals surface area contributed by atoms with Gasteiger partial charge in [-0.1, -0.05) is 15.9 Å². The molecule has 0 saturated carbocycles. The molecule has 0 aliphatic carbocycles. The van der Waals surface area contributed by atoms with E-state index in [1.165, 1.54) is 4.90 Å². The van der Waals surface area contributed by atoms with Gasteiger partial charge >= 0.3 is 0 Å². The van der Waals surface area contributed by atoms with Gasteiger partial charge in [0.1, 0.15) is 23.9 Å². The van der Waals surface area contributed by atoms with Crippen molar-refractivity contribution in [2.75, 3.05) is 31.1 Å². The lowest BCUT2D eigenvalue weighted by atomic mass is 9.88. The van der Waals surface area contributed by atoms with Crippen LogP contribution in [-0.2, 0) is 9.59 Å². The van der Waals surface area contributed by atoms with Gasteiger partial charge in [-0.05, 0) is 49.2 Å². The molecule has 2 heterocycles. The van der Waals surface area contributed by atoms with E-state index >= 15 is 0 Å². The minimum absolute atomic E-state index is 0.131. The van der Waals surface area contributed by atoms with Crippen molar-refractivity contribution in [3.05, 3.63) is 58.1 Å². The van der Waals surface area contributed by atoms with Gasteiger partial charge in [-0.3, -0.25) is 19.3 Å². The number of fused-ring (bicyclic) bond motifs is 1. The summed E-state index contributed by atoms with van der Waals surface area (Å²) in [6.07, 6.45) is 0.697. The first-order chi connectivity index (χ1) is 14.8. The number of nitrogens with zero attached hydrogens (tertiary/aromatic N) is 2. The van der Waals surface area contributed by atoms with Crippen LogP contribution in [0, 0.1) is 17.6 Å². The molecule has 1 saturated heterocycles. The molecule has 6 nitrogen and oxygen atoms in total. The second kappa shape index (κ2) is 8.74. The Labute approximate surface area is 185 Å². The number of benzene rings is 2. The van der Waals surface area contributed by atoms with Crippen LogP contribution >= 0.6 is 15.9 Å². The number of amides is 2. The van der Waals surface area contributed by atoms with Crippen molar-refractivity contribution in [1.82, 2.24) is 4.90 Å². The van der Waals surface area contributed by atoms with Crippen molar-refractivity contribution in [3.63, 3.8) is 0 Å². The Morgan fingerprint density at radius 2 is 1.84 bits per heavy atom. The van der Waals surface area contributed by atoms with Crippen LogP contribution in [0.15, 0.2) is 40.9 Å². The zero-order valence-electron chi connectivity index (χ0n) is 16.4. The Morgan fingerprint density at radius 3 is 2.58 bits per heavy atom. The molecule has 0 bridgehead atoms. The standard InChI is InChI=1S/C22H19BrF2N2O4/c23-14-1-4-18-19(9-14)31-12-21(29)27(18)11-20(28)26-7-5-13(6-8-26)22(30)16-10-15(24)2-3-17(16)25/h1-4,9-10,13H,5-8,11-12H2. The van der Waals surface area contributed by atoms with Crippen molar-refractivity contribution < 1.29 is 27.9 Å². The van der Waals surface area contributed by atoms with Gasteiger partial charge in [-0.25, -0.2) is 8.78 Å². The summed E-state index contributed by atoms with van der Waals surface area (Å²) in [4.78, 5) is 40.7. The van der Waals surface area contributed by atoms with Crippen LogP contribution < -0.4 is 9.64 Å². The number of anilines is 1. The van der Waals surface area contributed by atoms with Crippen LogP contribution in [0.25, 0.3) is 0 Å². The van der Waals surface area contributed by atoms with Crippen molar-refractivity contribution in [3.8, 4) is 5.75 Å². The Bertz CT molecular complexity index is 1050. The van der Waals surface area contributed by atoms with Gasteiger partial charge in [0.25, 0.3) is 5.91 Å². The number of ketones is 1. The fourth-order valence-corrected chi connectivity index (χ4v) is 4.22. The summed E-state index contributed by atoms with van der Waals surface area (Å²) in [6.45, 7) is 0.330. The van der Waals surface area contributed by atoms with Crippen molar-refractivity contribution in [2.24, 2.45) is 5.92 Å². The summed E-state index contributed by atoms with van der Waals surface area (Å²) in [5.41, 5.74) is 0.269. The van der Waals surface area contributed by atoms with E-state index in [0.29, 0.717) is 37.4 Å². The maximum Gasteiger partial charge on any atom is 0.265 e. The topological polar surface area (TPSA) is 66.9 Å². The summed E-state index contributed by atoms with van der Waals surface area (Å²) >= 11 is 3.35. The van der Waals surface area contributed by atoms with Gasteiger partial charge < -0.3 is 9.64 Å². The van der Waals surface area contributed by atoms with Gasteiger partial charge in [-0.2, -0.15) is 0 Å². The molecule has 0 spiro atoms. The van der Waals surface area contributed by atoms with Crippen LogP contribution in [0.3, 0.4) is 0 Å². The van der Waals surface area contributed by atoms with Crippen LogP contribution in [0.4, 0.5) is 14.5 Å². The quantitative estimate of drug-likeness (QED) is 0.611. The molecule has 1 fully saturated rings. The van der Waals surface area contributed by atoms with Crippen molar-refractivity contribution in [2.45, 2.75) is 12.8 Å². The predicted octanol–water partition coefficient (Wildman–Crippen LogP) is 3.57. The second-order valence-electron chi connectivity index (χ2n) is 7.52. The molecule has 2 aliphatic rings. The van der Waals surface area contributed by atoms with Crippen molar-refractivity contribution in [1.29, 1.82) is 0 Å². The number of Topliss-reactive ketones (excluding diaryl/α,β-unsaturated/α-hetero) is 1. The van der Waals surface area contributed by atoms with Gasteiger partial charge in [0.05, 0.1) is 11.3 Å². The summed E-state index contributed by atoms with van der Waals surface area (Å²) < 4.78 is 33.6. The normalized spacial score (nSPS) is 16.7. The Kier molecular flexibility index (Phi) is 6.04. The SMILES string of the molecule is O=C(c1cc(F)ccc1F)C1CCN(C(=O)CN2C(=O)COc3cc(Br)ccc32)CC1. The number of piperidine rings is 1. The van der Waals surface area contributed by atoms with E-state index in [2.05, 4.69) is 15.9 Å².